The maximum absolute atomic E-state index is 8.58. The Bertz CT molecular complexity index is 599. The third-order valence-corrected chi connectivity index (χ3v) is 4.38. The first kappa shape index (κ1) is 13.1. The smallest absolute Gasteiger partial charge is 0.174 e. The van der Waals surface area contributed by atoms with Gasteiger partial charge in [0.05, 0.1) is 5.02 Å². The molecule has 8 heteroatoms. The van der Waals surface area contributed by atoms with Gasteiger partial charge in [0, 0.05) is 10.5 Å². The van der Waals surface area contributed by atoms with Gasteiger partial charge in [0.2, 0.25) is 0 Å². The lowest BCUT2D eigenvalue weighted by molar-refractivity contribution is 0.318. The second kappa shape index (κ2) is 5.55. The van der Waals surface area contributed by atoms with Crippen LogP contribution in [0.1, 0.15) is 11.4 Å². The number of oxime groups is 1. The molecule has 0 amide bonds. The van der Waals surface area contributed by atoms with Crippen LogP contribution in [0.15, 0.2) is 32.6 Å². The van der Waals surface area contributed by atoms with E-state index in [4.69, 9.17) is 22.5 Å². The molecule has 0 aliphatic rings. The standard InChI is InChI=1S/C10H9ClN4OS2/c1-5-13-10(18-15-5)17-8-3-2-6(4-7(8)11)9(12)14-16/h2-4,16H,1H3,(H2,12,14). The van der Waals surface area contributed by atoms with Crippen molar-refractivity contribution in [3.05, 3.63) is 34.6 Å². The molecule has 0 radical (unpaired) electrons. The molecular formula is C10H9ClN4OS2. The molecule has 0 saturated carbocycles. The Morgan fingerprint density at radius 3 is 2.89 bits per heavy atom. The van der Waals surface area contributed by atoms with Crippen LogP contribution >= 0.6 is 34.9 Å². The van der Waals surface area contributed by atoms with Crippen molar-refractivity contribution in [3.63, 3.8) is 0 Å². The Hall–Kier alpha value is -1.31. The van der Waals surface area contributed by atoms with Crippen LogP contribution in [0.5, 0.6) is 0 Å². The van der Waals surface area contributed by atoms with Gasteiger partial charge in [-0.15, -0.1) is 0 Å². The van der Waals surface area contributed by atoms with Crippen molar-refractivity contribution >= 4 is 40.7 Å². The Kier molecular flexibility index (Phi) is 4.05. The summed E-state index contributed by atoms with van der Waals surface area (Å²) in [6.45, 7) is 1.84. The average Bonchev–Trinajstić information content (AvgIpc) is 2.76. The Labute approximate surface area is 117 Å². The SMILES string of the molecule is Cc1nsc(Sc2ccc(C(N)=NO)cc2Cl)n1. The van der Waals surface area contributed by atoms with Gasteiger partial charge in [-0.3, -0.25) is 0 Å². The second-order valence-corrected chi connectivity index (χ2v) is 5.79. The maximum atomic E-state index is 8.58. The largest absolute Gasteiger partial charge is 0.409 e. The summed E-state index contributed by atoms with van der Waals surface area (Å²) in [5, 5.41) is 12.0. The summed E-state index contributed by atoms with van der Waals surface area (Å²) in [5.74, 6) is 0.770. The molecule has 94 valence electrons. The number of amidine groups is 1. The molecule has 0 aliphatic heterocycles. The number of rotatable bonds is 3. The lowest BCUT2D eigenvalue weighted by Crippen LogP contribution is -2.12. The molecule has 18 heavy (non-hydrogen) atoms. The molecule has 2 aromatic rings. The van der Waals surface area contributed by atoms with Crippen molar-refractivity contribution in [2.75, 3.05) is 0 Å². The average molecular weight is 301 g/mol. The van der Waals surface area contributed by atoms with E-state index >= 15 is 0 Å². The highest BCUT2D eigenvalue weighted by Crippen LogP contribution is 2.34. The van der Waals surface area contributed by atoms with E-state index in [1.807, 2.05) is 6.92 Å². The number of nitrogens with two attached hydrogens (primary N) is 1. The number of aryl methyl sites for hydroxylation is 1. The number of benzene rings is 1. The summed E-state index contributed by atoms with van der Waals surface area (Å²) in [6.07, 6.45) is 0. The molecule has 0 aliphatic carbocycles. The molecule has 1 aromatic heterocycles. The van der Waals surface area contributed by atoms with Gasteiger partial charge in [-0.1, -0.05) is 28.5 Å². The summed E-state index contributed by atoms with van der Waals surface area (Å²) in [7, 11) is 0. The zero-order chi connectivity index (χ0) is 13.1. The first-order valence-electron chi connectivity index (χ1n) is 4.86. The van der Waals surface area contributed by atoms with E-state index in [0.717, 1.165) is 15.1 Å². The first-order valence-corrected chi connectivity index (χ1v) is 6.82. The number of hydrogen-bond acceptors (Lipinski definition) is 6. The van der Waals surface area contributed by atoms with Crippen LogP contribution in [0.4, 0.5) is 0 Å². The second-order valence-electron chi connectivity index (χ2n) is 3.34. The van der Waals surface area contributed by atoms with Crippen LogP contribution in [-0.4, -0.2) is 20.4 Å². The normalized spacial score (nSPS) is 11.8. The minimum Gasteiger partial charge on any atom is -0.409 e. The number of hydrogen-bond donors (Lipinski definition) is 2. The fourth-order valence-electron chi connectivity index (χ4n) is 1.21. The van der Waals surface area contributed by atoms with Gasteiger partial charge in [0.25, 0.3) is 0 Å². The minimum absolute atomic E-state index is 0.0280. The van der Waals surface area contributed by atoms with Gasteiger partial charge >= 0.3 is 0 Å². The van der Waals surface area contributed by atoms with Crippen LogP contribution < -0.4 is 5.73 Å². The third kappa shape index (κ3) is 2.92. The van der Waals surface area contributed by atoms with Gasteiger partial charge in [0.15, 0.2) is 10.2 Å². The van der Waals surface area contributed by atoms with E-state index in [2.05, 4.69) is 14.5 Å². The summed E-state index contributed by atoms with van der Waals surface area (Å²) in [4.78, 5) is 5.09. The topological polar surface area (TPSA) is 84.4 Å². The zero-order valence-electron chi connectivity index (χ0n) is 9.29. The predicted molar refractivity (Wildman–Crippen MR) is 72.7 cm³/mol. The lowest BCUT2D eigenvalue weighted by atomic mass is 10.2. The summed E-state index contributed by atoms with van der Waals surface area (Å²) in [6, 6.07) is 5.18. The van der Waals surface area contributed by atoms with Gasteiger partial charge in [-0.25, -0.2) is 4.98 Å². The van der Waals surface area contributed by atoms with Crippen molar-refractivity contribution in [2.24, 2.45) is 10.9 Å². The summed E-state index contributed by atoms with van der Waals surface area (Å²) >= 11 is 8.89. The number of nitrogens with zero attached hydrogens (tertiary/aromatic N) is 3. The van der Waals surface area contributed by atoms with E-state index in [9.17, 15) is 0 Å². The van der Waals surface area contributed by atoms with E-state index in [1.54, 1.807) is 18.2 Å². The molecule has 5 nitrogen and oxygen atoms in total. The van der Waals surface area contributed by atoms with E-state index < -0.39 is 0 Å². The Morgan fingerprint density at radius 1 is 1.56 bits per heavy atom. The summed E-state index contributed by atoms with van der Waals surface area (Å²) in [5.41, 5.74) is 6.05. The van der Waals surface area contributed by atoms with Crippen LogP contribution in [0.25, 0.3) is 0 Å². The summed E-state index contributed by atoms with van der Waals surface area (Å²) < 4.78 is 4.92. The Balaban J connectivity index is 2.25. The van der Waals surface area contributed by atoms with Crippen molar-refractivity contribution in [1.29, 1.82) is 0 Å². The van der Waals surface area contributed by atoms with E-state index in [-0.39, 0.29) is 5.84 Å². The molecule has 0 unspecified atom stereocenters. The monoisotopic (exact) mass is 300 g/mol. The van der Waals surface area contributed by atoms with Crippen LogP contribution in [0.3, 0.4) is 0 Å². The third-order valence-electron chi connectivity index (χ3n) is 2.04. The van der Waals surface area contributed by atoms with Crippen molar-refractivity contribution in [1.82, 2.24) is 9.36 Å². The number of halogens is 1. The van der Waals surface area contributed by atoms with Gasteiger partial charge in [-0.2, -0.15) is 4.37 Å². The fourth-order valence-corrected chi connectivity index (χ4v) is 3.12. The highest BCUT2D eigenvalue weighted by Gasteiger charge is 2.09. The van der Waals surface area contributed by atoms with Crippen molar-refractivity contribution in [2.45, 2.75) is 16.2 Å². The molecule has 1 heterocycles. The van der Waals surface area contributed by atoms with Crippen molar-refractivity contribution in [3.8, 4) is 0 Å². The van der Waals surface area contributed by atoms with Crippen LogP contribution in [0.2, 0.25) is 5.02 Å². The molecule has 0 atom stereocenters. The van der Waals surface area contributed by atoms with Crippen molar-refractivity contribution < 1.29 is 5.21 Å². The molecule has 0 spiro atoms. The van der Waals surface area contributed by atoms with Gasteiger partial charge in [-0.05, 0) is 36.7 Å². The lowest BCUT2D eigenvalue weighted by Gasteiger charge is -2.04. The molecule has 0 bridgehead atoms. The van der Waals surface area contributed by atoms with Crippen LogP contribution in [0, 0.1) is 6.92 Å². The van der Waals surface area contributed by atoms with Gasteiger partial charge in [0.1, 0.15) is 5.82 Å². The molecule has 0 saturated heterocycles. The molecule has 2 rings (SSSR count). The van der Waals surface area contributed by atoms with E-state index in [1.165, 1.54) is 23.3 Å². The Morgan fingerprint density at radius 2 is 2.33 bits per heavy atom. The molecule has 0 fully saturated rings. The molecule has 3 N–H and O–H groups in total. The molecular weight excluding hydrogens is 292 g/mol. The molecule has 1 aromatic carbocycles. The first-order chi connectivity index (χ1) is 8.60. The zero-order valence-corrected chi connectivity index (χ0v) is 11.7. The van der Waals surface area contributed by atoms with Crippen LogP contribution in [-0.2, 0) is 0 Å². The maximum Gasteiger partial charge on any atom is 0.174 e. The highest BCUT2D eigenvalue weighted by atomic mass is 35.5. The fraction of sp³-hybridized carbons (Fsp3) is 0.100. The quantitative estimate of drug-likeness (QED) is 0.394. The predicted octanol–water partition coefficient (Wildman–Crippen LogP) is 2.75. The van der Waals surface area contributed by atoms with Gasteiger partial charge < -0.3 is 10.9 Å². The number of aromatic nitrogens is 2. The highest BCUT2D eigenvalue weighted by molar-refractivity contribution is 8.01. The minimum atomic E-state index is 0.0280. The van der Waals surface area contributed by atoms with E-state index in [0.29, 0.717) is 10.6 Å².